The van der Waals surface area contributed by atoms with E-state index in [1.54, 1.807) is 14.2 Å². The third kappa shape index (κ3) is 7.28. The molecular weight excluding hydrogens is 405 g/mol. The van der Waals surface area contributed by atoms with Crippen molar-refractivity contribution in [2.24, 2.45) is 10.9 Å². The normalized spacial score (nSPS) is 12.4. The molecule has 0 aromatic heterocycles. The molecule has 1 aromatic carbocycles. The maximum Gasteiger partial charge on any atom is 0.191 e. The molecule has 23 heavy (non-hydrogen) atoms. The van der Waals surface area contributed by atoms with Crippen molar-refractivity contribution >= 4 is 29.9 Å². The van der Waals surface area contributed by atoms with Gasteiger partial charge in [-0.2, -0.15) is 0 Å². The Morgan fingerprint density at radius 2 is 1.87 bits per heavy atom. The van der Waals surface area contributed by atoms with Crippen molar-refractivity contribution in [1.29, 1.82) is 0 Å². The molecule has 0 saturated heterocycles. The fraction of sp³-hybridized carbons (Fsp3) is 0.588. The molecule has 1 unspecified atom stereocenters. The summed E-state index contributed by atoms with van der Waals surface area (Å²) in [7, 11) is 3.30. The fourth-order valence-corrected chi connectivity index (χ4v) is 1.85. The lowest BCUT2D eigenvalue weighted by atomic mass is 10.1. The maximum absolute atomic E-state index is 5.41. The average Bonchev–Trinajstić information content (AvgIpc) is 2.52. The SMILES string of the molecule is CCNC(=NCc1ccc(OC)cc1OC)NC(C)C(C)C.I. The van der Waals surface area contributed by atoms with Crippen LogP contribution in [0.3, 0.4) is 0 Å². The van der Waals surface area contributed by atoms with E-state index in [2.05, 4.69) is 43.3 Å². The number of guanidine groups is 1. The molecule has 0 amide bonds. The van der Waals surface area contributed by atoms with Crippen molar-refractivity contribution in [2.75, 3.05) is 20.8 Å². The van der Waals surface area contributed by atoms with Crippen molar-refractivity contribution in [1.82, 2.24) is 10.6 Å². The Morgan fingerprint density at radius 1 is 1.17 bits per heavy atom. The van der Waals surface area contributed by atoms with Crippen LogP contribution in [0.5, 0.6) is 11.5 Å². The summed E-state index contributed by atoms with van der Waals surface area (Å²) in [6, 6.07) is 6.14. The molecule has 5 nitrogen and oxygen atoms in total. The second-order valence-electron chi connectivity index (χ2n) is 5.55. The number of hydrogen-bond acceptors (Lipinski definition) is 3. The van der Waals surface area contributed by atoms with E-state index < -0.39 is 0 Å². The Morgan fingerprint density at radius 3 is 2.39 bits per heavy atom. The first kappa shape index (κ1) is 21.8. The highest BCUT2D eigenvalue weighted by atomic mass is 127. The Kier molecular flexibility index (Phi) is 10.8. The smallest absolute Gasteiger partial charge is 0.191 e. The maximum atomic E-state index is 5.41. The van der Waals surface area contributed by atoms with Gasteiger partial charge in [-0.3, -0.25) is 0 Å². The van der Waals surface area contributed by atoms with Gasteiger partial charge in [-0.05, 0) is 31.9 Å². The second-order valence-corrected chi connectivity index (χ2v) is 5.55. The van der Waals surface area contributed by atoms with Gasteiger partial charge in [-0.25, -0.2) is 4.99 Å². The zero-order chi connectivity index (χ0) is 16.5. The van der Waals surface area contributed by atoms with Crippen LogP contribution in [0.2, 0.25) is 0 Å². The highest BCUT2D eigenvalue weighted by molar-refractivity contribution is 14.0. The Bertz CT molecular complexity index is 493. The zero-order valence-corrected chi connectivity index (χ0v) is 17.3. The van der Waals surface area contributed by atoms with Gasteiger partial charge >= 0.3 is 0 Å². The number of ether oxygens (including phenoxy) is 2. The van der Waals surface area contributed by atoms with Gasteiger partial charge in [0.25, 0.3) is 0 Å². The van der Waals surface area contributed by atoms with E-state index in [-0.39, 0.29) is 24.0 Å². The molecule has 1 aromatic rings. The van der Waals surface area contributed by atoms with E-state index in [9.17, 15) is 0 Å². The fourth-order valence-electron chi connectivity index (χ4n) is 1.85. The molecule has 6 heteroatoms. The molecule has 132 valence electrons. The van der Waals surface area contributed by atoms with Crippen LogP contribution >= 0.6 is 24.0 Å². The molecular formula is C17H30IN3O2. The highest BCUT2D eigenvalue weighted by Crippen LogP contribution is 2.25. The lowest BCUT2D eigenvalue weighted by molar-refractivity contribution is 0.391. The minimum Gasteiger partial charge on any atom is -0.497 e. The van der Waals surface area contributed by atoms with Crippen LogP contribution in [0.1, 0.15) is 33.3 Å². The van der Waals surface area contributed by atoms with E-state index in [0.29, 0.717) is 18.5 Å². The topological polar surface area (TPSA) is 54.9 Å². The first-order valence-electron chi connectivity index (χ1n) is 7.77. The van der Waals surface area contributed by atoms with E-state index in [1.807, 2.05) is 18.2 Å². The number of nitrogens with zero attached hydrogens (tertiary/aromatic N) is 1. The third-order valence-electron chi connectivity index (χ3n) is 3.61. The van der Waals surface area contributed by atoms with Crippen LogP contribution in [-0.4, -0.2) is 32.8 Å². The molecule has 0 fully saturated rings. The predicted molar refractivity (Wildman–Crippen MR) is 107 cm³/mol. The summed E-state index contributed by atoms with van der Waals surface area (Å²) in [5, 5.41) is 6.69. The Hall–Kier alpha value is -1.18. The molecule has 0 spiro atoms. The van der Waals surface area contributed by atoms with Gasteiger partial charge < -0.3 is 20.1 Å². The molecule has 0 aliphatic carbocycles. The van der Waals surface area contributed by atoms with Crippen molar-refractivity contribution in [2.45, 2.75) is 40.3 Å². The number of benzene rings is 1. The summed E-state index contributed by atoms with van der Waals surface area (Å²) in [4.78, 5) is 4.64. The summed E-state index contributed by atoms with van der Waals surface area (Å²) in [6.07, 6.45) is 0. The molecule has 2 N–H and O–H groups in total. The first-order chi connectivity index (χ1) is 10.5. The summed E-state index contributed by atoms with van der Waals surface area (Å²) in [6.45, 7) is 9.97. The molecule has 0 saturated carbocycles. The Labute approximate surface area is 157 Å². The largest absolute Gasteiger partial charge is 0.497 e. The van der Waals surface area contributed by atoms with Crippen molar-refractivity contribution in [3.05, 3.63) is 23.8 Å². The number of hydrogen-bond donors (Lipinski definition) is 2. The quantitative estimate of drug-likeness (QED) is 0.392. The first-order valence-corrected chi connectivity index (χ1v) is 7.77. The van der Waals surface area contributed by atoms with Gasteiger partial charge in [-0.15, -0.1) is 24.0 Å². The van der Waals surface area contributed by atoms with Gasteiger partial charge in [0.1, 0.15) is 11.5 Å². The highest BCUT2D eigenvalue weighted by Gasteiger charge is 2.09. The van der Waals surface area contributed by atoms with E-state index in [4.69, 9.17) is 9.47 Å². The number of methoxy groups -OCH3 is 2. The van der Waals surface area contributed by atoms with Crippen LogP contribution in [0.25, 0.3) is 0 Å². The van der Waals surface area contributed by atoms with Crippen molar-refractivity contribution in [3.63, 3.8) is 0 Å². The van der Waals surface area contributed by atoms with Gasteiger partial charge in [0.2, 0.25) is 0 Å². The average molecular weight is 435 g/mol. The second kappa shape index (κ2) is 11.4. The monoisotopic (exact) mass is 435 g/mol. The summed E-state index contributed by atoms with van der Waals surface area (Å²) < 4.78 is 10.6. The number of aliphatic imine (C=N–C) groups is 1. The van der Waals surface area contributed by atoms with Crippen molar-refractivity contribution in [3.8, 4) is 11.5 Å². The van der Waals surface area contributed by atoms with Crippen LogP contribution in [0.15, 0.2) is 23.2 Å². The summed E-state index contributed by atoms with van der Waals surface area (Å²) in [5.41, 5.74) is 1.03. The van der Waals surface area contributed by atoms with Crippen molar-refractivity contribution < 1.29 is 9.47 Å². The van der Waals surface area contributed by atoms with Crippen LogP contribution < -0.4 is 20.1 Å². The van der Waals surface area contributed by atoms with Gasteiger partial charge in [0, 0.05) is 24.2 Å². The number of rotatable bonds is 7. The van der Waals surface area contributed by atoms with Gasteiger partial charge in [0.05, 0.1) is 20.8 Å². The summed E-state index contributed by atoms with van der Waals surface area (Å²) >= 11 is 0. The summed E-state index contributed by atoms with van der Waals surface area (Å²) in [5.74, 6) is 2.93. The molecule has 1 atom stereocenters. The van der Waals surface area contributed by atoms with Crippen LogP contribution in [0, 0.1) is 5.92 Å². The molecule has 0 heterocycles. The minimum absolute atomic E-state index is 0. The lowest BCUT2D eigenvalue weighted by Crippen LogP contribution is -2.44. The lowest BCUT2D eigenvalue weighted by Gasteiger charge is -2.20. The minimum atomic E-state index is 0. The van der Waals surface area contributed by atoms with Gasteiger partial charge in [0.15, 0.2) is 5.96 Å². The molecule has 0 radical (unpaired) electrons. The predicted octanol–water partition coefficient (Wildman–Crippen LogP) is 3.42. The number of halogens is 1. The Balaban J connectivity index is 0.00000484. The van der Waals surface area contributed by atoms with Gasteiger partial charge in [-0.1, -0.05) is 13.8 Å². The molecule has 0 bridgehead atoms. The van der Waals surface area contributed by atoms with E-state index >= 15 is 0 Å². The van der Waals surface area contributed by atoms with E-state index in [0.717, 1.165) is 29.6 Å². The number of nitrogens with one attached hydrogen (secondary N) is 2. The molecule has 0 aliphatic rings. The third-order valence-corrected chi connectivity index (χ3v) is 3.61. The molecule has 1 rings (SSSR count). The van der Waals surface area contributed by atoms with Crippen LogP contribution in [-0.2, 0) is 6.54 Å². The van der Waals surface area contributed by atoms with E-state index in [1.165, 1.54) is 0 Å². The molecule has 0 aliphatic heterocycles. The van der Waals surface area contributed by atoms with Crippen LogP contribution in [0.4, 0.5) is 0 Å². The zero-order valence-electron chi connectivity index (χ0n) is 15.0. The standard InChI is InChI=1S/C17H29N3O2.HI/c1-7-18-17(20-13(4)12(2)3)19-11-14-8-9-15(21-5)10-16(14)22-6;/h8-10,12-13H,7,11H2,1-6H3,(H2,18,19,20);1H.